The van der Waals surface area contributed by atoms with Crippen LogP contribution in [0.15, 0.2) is 18.5 Å². The number of carboxylic acid groups (broad SMARTS) is 1. The molecule has 0 bridgehead atoms. The highest BCUT2D eigenvalue weighted by molar-refractivity contribution is 5.86. The van der Waals surface area contributed by atoms with Crippen LogP contribution >= 0.6 is 0 Å². The number of carbonyl (C=O) groups is 1. The van der Waals surface area contributed by atoms with Crippen molar-refractivity contribution in [2.75, 3.05) is 24.6 Å². The van der Waals surface area contributed by atoms with Gasteiger partial charge in [-0.2, -0.15) is 0 Å². The Labute approximate surface area is 238 Å². The second-order valence-electron chi connectivity index (χ2n) is 13.3. The first-order valence-corrected chi connectivity index (χ1v) is 14.8. The predicted octanol–water partition coefficient (Wildman–Crippen LogP) is 7.51. The van der Waals surface area contributed by atoms with Crippen molar-refractivity contribution in [2.45, 2.75) is 105 Å². The maximum atomic E-state index is 15.3. The van der Waals surface area contributed by atoms with Crippen molar-refractivity contribution in [1.82, 2.24) is 9.97 Å². The number of piperidine rings is 1. The van der Waals surface area contributed by atoms with Gasteiger partial charge in [0.05, 0.1) is 17.9 Å². The summed E-state index contributed by atoms with van der Waals surface area (Å²) in [7, 11) is 0. The Bertz CT molecular complexity index is 1180. The fourth-order valence-corrected chi connectivity index (χ4v) is 5.87. The van der Waals surface area contributed by atoms with E-state index < -0.39 is 23.5 Å². The van der Waals surface area contributed by atoms with E-state index in [0.717, 1.165) is 38.0 Å². The Kier molecular flexibility index (Phi) is 9.38. The summed E-state index contributed by atoms with van der Waals surface area (Å²) in [4.78, 5) is 23.7. The first-order valence-electron chi connectivity index (χ1n) is 14.8. The Hall–Kier alpha value is -2.74. The third kappa shape index (κ3) is 7.50. The standard InChI is InChI=1S/C32H46FN3O4/c1-21-26(28(30(37)38)40-31(2,3)4)27(36-15-13-32(5,6)14-16-36)24(20-34-21)23-18-25(33)29(35-19-23)39-17-12-22-10-8-7-9-11-22/h18-20,22,28H,7-17H2,1-6H3,(H,37,38)/t28-/m0/s1. The maximum absolute atomic E-state index is 15.3. The van der Waals surface area contributed by atoms with Crippen molar-refractivity contribution in [3.8, 4) is 17.0 Å². The first kappa shape index (κ1) is 30.2. The summed E-state index contributed by atoms with van der Waals surface area (Å²) < 4.78 is 27.2. The van der Waals surface area contributed by atoms with Gasteiger partial charge in [0.2, 0.25) is 5.88 Å². The molecule has 40 heavy (non-hydrogen) atoms. The van der Waals surface area contributed by atoms with Crippen molar-refractivity contribution < 1.29 is 23.8 Å². The number of ether oxygens (including phenoxy) is 2. The molecule has 220 valence electrons. The van der Waals surface area contributed by atoms with Gasteiger partial charge >= 0.3 is 5.97 Å². The Morgan fingerprint density at radius 2 is 1.82 bits per heavy atom. The third-order valence-corrected chi connectivity index (χ3v) is 8.29. The molecule has 1 aliphatic carbocycles. The molecule has 2 aliphatic rings. The van der Waals surface area contributed by atoms with Crippen LogP contribution in [0.2, 0.25) is 0 Å². The van der Waals surface area contributed by atoms with E-state index in [2.05, 4.69) is 28.7 Å². The van der Waals surface area contributed by atoms with Crippen LogP contribution in [0.25, 0.3) is 11.1 Å². The number of anilines is 1. The summed E-state index contributed by atoms with van der Waals surface area (Å²) in [5.41, 5.74) is 2.49. The highest BCUT2D eigenvalue weighted by Crippen LogP contribution is 2.43. The summed E-state index contributed by atoms with van der Waals surface area (Å²) in [5.74, 6) is -0.973. The second-order valence-corrected chi connectivity index (χ2v) is 13.3. The molecule has 1 saturated carbocycles. The van der Waals surface area contributed by atoms with Crippen LogP contribution in [-0.2, 0) is 9.53 Å². The molecule has 1 atom stereocenters. The Morgan fingerprint density at radius 1 is 1.15 bits per heavy atom. The van der Waals surface area contributed by atoms with Gasteiger partial charge in [-0.15, -0.1) is 0 Å². The average molecular weight is 556 g/mol. The molecule has 1 saturated heterocycles. The smallest absolute Gasteiger partial charge is 0.337 e. The van der Waals surface area contributed by atoms with E-state index in [-0.39, 0.29) is 11.3 Å². The molecule has 1 N–H and O–H groups in total. The van der Waals surface area contributed by atoms with E-state index in [1.165, 1.54) is 38.2 Å². The molecule has 0 radical (unpaired) electrons. The van der Waals surface area contributed by atoms with Gasteiger partial charge < -0.3 is 19.5 Å². The van der Waals surface area contributed by atoms with Gasteiger partial charge in [0.15, 0.2) is 11.9 Å². The van der Waals surface area contributed by atoms with Crippen molar-refractivity contribution >= 4 is 11.7 Å². The van der Waals surface area contributed by atoms with E-state index in [9.17, 15) is 9.90 Å². The van der Waals surface area contributed by atoms with Gasteiger partial charge in [0.25, 0.3) is 0 Å². The fraction of sp³-hybridized carbons (Fsp3) is 0.656. The number of nitrogens with zero attached hydrogens (tertiary/aromatic N) is 3. The zero-order valence-electron chi connectivity index (χ0n) is 25.1. The number of pyridine rings is 2. The minimum atomic E-state index is -1.22. The lowest BCUT2D eigenvalue weighted by Gasteiger charge is -2.40. The van der Waals surface area contributed by atoms with Gasteiger partial charge in [-0.25, -0.2) is 14.2 Å². The average Bonchev–Trinajstić information content (AvgIpc) is 2.88. The van der Waals surface area contributed by atoms with Crippen molar-refractivity contribution in [2.24, 2.45) is 11.3 Å². The van der Waals surface area contributed by atoms with Crippen LogP contribution in [0.1, 0.15) is 103 Å². The molecule has 1 aliphatic heterocycles. The minimum Gasteiger partial charge on any atom is -0.479 e. The van der Waals surface area contributed by atoms with E-state index >= 15 is 4.39 Å². The van der Waals surface area contributed by atoms with E-state index in [0.29, 0.717) is 34.9 Å². The monoisotopic (exact) mass is 555 g/mol. The number of aliphatic carboxylic acids is 1. The number of aromatic nitrogens is 2. The van der Waals surface area contributed by atoms with Crippen LogP contribution in [0.5, 0.6) is 5.88 Å². The number of rotatable bonds is 9. The van der Waals surface area contributed by atoms with E-state index in [1.54, 1.807) is 19.3 Å². The lowest BCUT2D eigenvalue weighted by molar-refractivity contribution is -0.160. The SMILES string of the molecule is Cc1ncc(-c2cnc(OCCC3CCCCC3)c(F)c2)c(N2CCC(C)(C)CC2)c1[C@H](OC(C)(C)C)C(=O)O. The molecule has 8 heteroatoms. The number of aryl methyl sites for hydroxylation is 1. The zero-order valence-corrected chi connectivity index (χ0v) is 25.1. The number of hydrogen-bond donors (Lipinski definition) is 1. The molecule has 0 spiro atoms. The maximum Gasteiger partial charge on any atom is 0.337 e. The van der Waals surface area contributed by atoms with Crippen LogP contribution in [0.4, 0.5) is 10.1 Å². The molecule has 3 heterocycles. The third-order valence-electron chi connectivity index (χ3n) is 8.29. The molecule has 2 fully saturated rings. The molecule has 0 aromatic carbocycles. The number of carboxylic acids is 1. The topological polar surface area (TPSA) is 84.8 Å². The molecule has 7 nitrogen and oxygen atoms in total. The van der Waals surface area contributed by atoms with Gasteiger partial charge in [0, 0.05) is 47.9 Å². The van der Waals surface area contributed by atoms with Gasteiger partial charge in [-0.3, -0.25) is 4.98 Å². The summed E-state index contributed by atoms with van der Waals surface area (Å²) in [6, 6.07) is 1.43. The lowest BCUT2D eigenvalue weighted by atomic mass is 9.82. The fourth-order valence-electron chi connectivity index (χ4n) is 5.87. The van der Waals surface area contributed by atoms with Crippen LogP contribution in [0, 0.1) is 24.1 Å². The normalized spacial score (nSPS) is 18.9. The van der Waals surface area contributed by atoms with Crippen LogP contribution < -0.4 is 9.64 Å². The molecule has 2 aromatic rings. The summed E-state index contributed by atoms with van der Waals surface area (Å²) in [6.07, 6.45) is 11.1. The summed E-state index contributed by atoms with van der Waals surface area (Å²) in [5, 5.41) is 10.3. The van der Waals surface area contributed by atoms with Gasteiger partial charge in [-0.1, -0.05) is 46.0 Å². The Morgan fingerprint density at radius 3 is 2.42 bits per heavy atom. The molecular weight excluding hydrogens is 509 g/mol. The van der Waals surface area contributed by atoms with E-state index in [4.69, 9.17) is 9.47 Å². The predicted molar refractivity (Wildman–Crippen MR) is 155 cm³/mol. The summed E-state index contributed by atoms with van der Waals surface area (Å²) in [6.45, 7) is 13.8. The lowest BCUT2D eigenvalue weighted by Crippen LogP contribution is -2.39. The number of hydrogen-bond acceptors (Lipinski definition) is 6. The molecule has 0 unspecified atom stereocenters. The second kappa shape index (κ2) is 12.4. The van der Waals surface area contributed by atoms with Gasteiger partial charge in [0.1, 0.15) is 0 Å². The van der Waals surface area contributed by atoms with Crippen molar-refractivity contribution in [1.29, 1.82) is 0 Å². The van der Waals surface area contributed by atoms with E-state index in [1.807, 2.05) is 20.8 Å². The highest BCUT2D eigenvalue weighted by atomic mass is 19.1. The molecular formula is C32H46FN3O4. The molecule has 4 rings (SSSR count). The van der Waals surface area contributed by atoms with Crippen LogP contribution in [0.3, 0.4) is 0 Å². The molecule has 0 amide bonds. The highest BCUT2D eigenvalue weighted by Gasteiger charge is 2.36. The molecule has 2 aromatic heterocycles. The quantitative estimate of drug-likeness (QED) is 0.343. The Balaban J connectivity index is 1.70. The zero-order chi connectivity index (χ0) is 29.1. The summed E-state index contributed by atoms with van der Waals surface area (Å²) >= 11 is 0. The number of halogens is 1. The first-order chi connectivity index (χ1) is 18.8. The van der Waals surface area contributed by atoms with Crippen molar-refractivity contribution in [3.05, 3.63) is 35.5 Å². The largest absolute Gasteiger partial charge is 0.479 e. The van der Waals surface area contributed by atoms with Crippen LogP contribution in [-0.4, -0.2) is 46.3 Å². The van der Waals surface area contributed by atoms with Gasteiger partial charge in [-0.05, 0) is 64.4 Å². The van der Waals surface area contributed by atoms with Crippen molar-refractivity contribution in [3.63, 3.8) is 0 Å². The minimum absolute atomic E-state index is 0.000560.